The van der Waals surface area contributed by atoms with Crippen molar-refractivity contribution >= 4 is 17.9 Å². The van der Waals surface area contributed by atoms with Crippen LogP contribution < -0.4 is 4.74 Å². The van der Waals surface area contributed by atoms with Gasteiger partial charge in [0.05, 0.1) is 25.6 Å². The quantitative estimate of drug-likeness (QED) is 0.302. The first-order chi connectivity index (χ1) is 17.9. The molecule has 1 saturated heterocycles. The molecule has 1 aliphatic carbocycles. The lowest BCUT2D eigenvalue weighted by Crippen LogP contribution is -2.42. The fraction of sp³-hybridized carbons (Fsp3) is 0.520. The minimum Gasteiger partial charge on any atom is -0.481 e. The van der Waals surface area contributed by atoms with Crippen molar-refractivity contribution in [2.24, 2.45) is 11.8 Å². The van der Waals surface area contributed by atoms with Crippen LogP contribution in [-0.2, 0) is 26.5 Å². The number of likely N-dealkylation sites (tertiary alicyclic amines) is 1. The molecule has 13 nitrogen and oxygen atoms in total. The average Bonchev–Trinajstić information content (AvgIpc) is 3.39. The predicted octanol–water partition coefficient (Wildman–Crippen LogP) is 0.670. The Morgan fingerprint density at radius 1 is 1.05 bits per heavy atom. The first-order valence-corrected chi connectivity index (χ1v) is 12.0. The molecule has 5 N–H and O–H groups in total. The summed E-state index contributed by atoms with van der Waals surface area (Å²) in [5, 5.41) is 45.2. The summed E-state index contributed by atoms with van der Waals surface area (Å²) < 4.78 is 5.01. The molecule has 0 aromatic carbocycles. The van der Waals surface area contributed by atoms with E-state index < -0.39 is 42.0 Å². The molecule has 1 saturated carbocycles. The molecule has 2 aromatic heterocycles. The van der Waals surface area contributed by atoms with Gasteiger partial charge in [0.1, 0.15) is 5.60 Å². The van der Waals surface area contributed by atoms with Crippen LogP contribution in [0.25, 0.3) is 0 Å². The number of aliphatic carboxylic acids is 3. The van der Waals surface area contributed by atoms with Crippen molar-refractivity contribution < 1.29 is 44.7 Å². The second-order valence-corrected chi connectivity index (χ2v) is 9.80. The third-order valence-corrected chi connectivity index (χ3v) is 6.94. The van der Waals surface area contributed by atoms with Gasteiger partial charge in [-0.2, -0.15) is 0 Å². The van der Waals surface area contributed by atoms with Crippen molar-refractivity contribution in [3.05, 3.63) is 47.5 Å². The van der Waals surface area contributed by atoms with Crippen LogP contribution in [-0.4, -0.2) is 89.1 Å². The van der Waals surface area contributed by atoms with Crippen molar-refractivity contribution in [3.8, 4) is 6.01 Å². The number of carboxylic acid groups (broad SMARTS) is 3. The fourth-order valence-electron chi connectivity index (χ4n) is 5.06. The van der Waals surface area contributed by atoms with Crippen molar-refractivity contribution in [1.82, 2.24) is 19.9 Å². The minimum absolute atomic E-state index is 0.238. The van der Waals surface area contributed by atoms with E-state index in [0.29, 0.717) is 11.9 Å². The lowest BCUT2D eigenvalue weighted by atomic mass is 9.85. The Balaban J connectivity index is 0.000000263. The van der Waals surface area contributed by atoms with Gasteiger partial charge in [0, 0.05) is 49.7 Å². The van der Waals surface area contributed by atoms with E-state index in [-0.39, 0.29) is 5.92 Å². The maximum atomic E-state index is 11.3. The molecule has 0 radical (unpaired) electrons. The number of aliphatic hydroxyl groups is 2. The fourth-order valence-corrected chi connectivity index (χ4v) is 5.06. The third kappa shape index (κ3) is 6.79. The van der Waals surface area contributed by atoms with E-state index >= 15 is 0 Å². The summed E-state index contributed by atoms with van der Waals surface area (Å²) >= 11 is 0. The summed E-state index contributed by atoms with van der Waals surface area (Å²) in [6.07, 6.45) is 5.04. The Labute approximate surface area is 218 Å². The lowest BCUT2D eigenvalue weighted by molar-refractivity contribution is -0.170. The Bertz CT molecular complexity index is 1130. The van der Waals surface area contributed by atoms with Gasteiger partial charge in [-0.05, 0) is 37.3 Å². The molecular weight excluding hydrogens is 500 g/mol. The number of methoxy groups -OCH3 is 1. The number of hydrogen-bond donors (Lipinski definition) is 5. The van der Waals surface area contributed by atoms with Gasteiger partial charge >= 0.3 is 23.9 Å². The zero-order chi connectivity index (χ0) is 28.1. The molecule has 1 aliphatic heterocycles. The maximum absolute atomic E-state index is 11.3. The summed E-state index contributed by atoms with van der Waals surface area (Å²) in [6, 6.07) is 4.41. The van der Waals surface area contributed by atoms with E-state index in [9.17, 15) is 19.5 Å². The topological polar surface area (TPSA) is 203 Å². The molecule has 0 amide bonds. The number of ether oxygens (including phenoxy) is 1. The van der Waals surface area contributed by atoms with Crippen LogP contribution in [0, 0.1) is 18.8 Å². The number of hydrogen-bond acceptors (Lipinski definition) is 10. The maximum Gasteiger partial charge on any atom is 0.336 e. The highest BCUT2D eigenvalue weighted by atomic mass is 16.5. The molecular formula is C25H32N4O9. The molecule has 0 spiro atoms. The van der Waals surface area contributed by atoms with E-state index in [2.05, 4.69) is 19.9 Å². The third-order valence-electron chi connectivity index (χ3n) is 6.94. The Morgan fingerprint density at radius 2 is 1.68 bits per heavy atom. The molecule has 0 unspecified atom stereocenters. The van der Waals surface area contributed by atoms with Crippen LogP contribution in [0.5, 0.6) is 6.01 Å². The Kier molecular flexibility index (Phi) is 8.97. The lowest BCUT2D eigenvalue weighted by Gasteiger charge is -2.29. The molecule has 4 rings (SSSR count). The van der Waals surface area contributed by atoms with Crippen LogP contribution in [0.3, 0.4) is 0 Å². The van der Waals surface area contributed by atoms with Crippen molar-refractivity contribution in [3.63, 3.8) is 0 Å². The molecule has 206 valence electrons. The molecule has 3 heterocycles. The van der Waals surface area contributed by atoms with E-state index in [0.717, 1.165) is 49.3 Å². The normalized spacial score (nSPS) is 22.7. The van der Waals surface area contributed by atoms with Crippen molar-refractivity contribution in [2.75, 3.05) is 20.2 Å². The van der Waals surface area contributed by atoms with Crippen molar-refractivity contribution in [1.29, 1.82) is 0 Å². The van der Waals surface area contributed by atoms with Crippen LogP contribution >= 0.6 is 0 Å². The van der Waals surface area contributed by atoms with E-state index in [1.807, 2.05) is 37.6 Å². The zero-order valence-corrected chi connectivity index (χ0v) is 21.1. The minimum atomic E-state index is -2.74. The SMILES string of the molecule is COc1ncc(CN2C[C@@H]3CC[C@@](O)(c4ccc(C)cn4)[C@@H]3C2)cn1.O=C(O)CC(O)(CC(=O)O)C(=O)O. The Hall–Kier alpha value is -3.68. The number of nitrogens with zero attached hydrogens (tertiary/aromatic N) is 4. The number of rotatable bonds is 9. The number of carboxylic acids is 3. The second-order valence-electron chi connectivity index (χ2n) is 9.80. The van der Waals surface area contributed by atoms with Gasteiger partial charge in [-0.3, -0.25) is 19.5 Å². The van der Waals surface area contributed by atoms with E-state index in [1.54, 1.807) is 7.11 Å². The monoisotopic (exact) mass is 532 g/mol. The van der Waals surface area contributed by atoms with Gasteiger partial charge in [-0.1, -0.05) is 6.07 Å². The summed E-state index contributed by atoms with van der Waals surface area (Å²) in [6.45, 7) is 4.70. The average molecular weight is 533 g/mol. The van der Waals surface area contributed by atoms with Crippen LogP contribution in [0.1, 0.15) is 42.5 Å². The van der Waals surface area contributed by atoms with E-state index in [1.165, 1.54) is 0 Å². The second kappa shape index (κ2) is 11.8. The highest BCUT2D eigenvalue weighted by molar-refractivity contribution is 5.88. The van der Waals surface area contributed by atoms with E-state index in [4.69, 9.17) is 25.2 Å². The molecule has 2 aromatic rings. The van der Waals surface area contributed by atoms with Gasteiger partial charge in [-0.25, -0.2) is 14.8 Å². The number of carbonyl (C=O) groups is 3. The first-order valence-electron chi connectivity index (χ1n) is 12.0. The highest BCUT2D eigenvalue weighted by Crippen LogP contribution is 2.50. The first kappa shape index (κ1) is 28.9. The van der Waals surface area contributed by atoms with Gasteiger partial charge < -0.3 is 30.3 Å². The summed E-state index contributed by atoms with van der Waals surface area (Å²) in [5.41, 5.74) is -0.534. The smallest absolute Gasteiger partial charge is 0.336 e. The van der Waals surface area contributed by atoms with Gasteiger partial charge in [-0.15, -0.1) is 0 Å². The zero-order valence-electron chi connectivity index (χ0n) is 21.1. The summed E-state index contributed by atoms with van der Waals surface area (Å²) in [4.78, 5) is 45.7. The molecule has 2 fully saturated rings. The molecule has 3 atom stereocenters. The number of pyridine rings is 1. The van der Waals surface area contributed by atoms with Gasteiger partial charge in [0.2, 0.25) is 0 Å². The van der Waals surface area contributed by atoms with Gasteiger partial charge in [0.15, 0.2) is 5.60 Å². The number of fused-ring (bicyclic) bond motifs is 1. The largest absolute Gasteiger partial charge is 0.481 e. The van der Waals surface area contributed by atoms with Crippen molar-refractivity contribution in [2.45, 2.75) is 50.4 Å². The number of aromatic nitrogens is 3. The molecule has 38 heavy (non-hydrogen) atoms. The standard InChI is InChI=1S/C19H24N4O2.C6H8O7/c1-13-3-4-17(20-7-13)19(24)6-5-15-11-23(12-16(15)19)10-14-8-21-18(25-2)22-9-14;7-3(8)1-6(13,5(11)12)2-4(9)10/h3-4,7-9,15-16,24H,5-6,10-12H2,1-2H3;13H,1-2H2,(H,7,8)(H,9,10)(H,11,12)/t15-,16+,19-;/m0./s1. The summed E-state index contributed by atoms with van der Waals surface area (Å²) in [5.74, 6) is -4.26. The van der Waals surface area contributed by atoms with Gasteiger partial charge in [0.25, 0.3) is 0 Å². The summed E-state index contributed by atoms with van der Waals surface area (Å²) in [7, 11) is 1.57. The molecule has 2 aliphatic rings. The van der Waals surface area contributed by atoms with Crippen LogP contribution in [0.2, 0.25) is 0 Å². The molecule has 13 heteroatoms. The van der Waals surface area contributed by atoms with Crippen LogP contribution in [0.4, 0.5) is 0 Å². The molecule has 0 bridgehead atoms. The Morgan fingerprint density at radius 3 is 2.18 bits per heavy atom. The predicted molar refractivity (Wildman–Crippen MR) is 130 cm³/mol. The number of aryl methyl sites for hydroxylation is 1. The highest BCUT2D eigenvalue weighted by Gasteiger charge is 2.53. The van der Waals surface area contributed by atoms with Crippen LogP contribution in [0.15, 0.2) is 30.7 Å².